The standard InChI is InChI=1S/C36H43ClN2O8/c1-6-30(42)46-19-29(41)36(47-31(43)7-2)20(3)13-26-25-12-11-23-15-27-22(16-33(23,4)35(25,37)28(40)17-34(26,36)5)18-38-39(27)24-10-8-9-21(14-24)32(44)45/h8-10,14-15,18,20,25-26,28,40H,6-7,11-13,16-17,19H2,1-5H3,(H,44,45)/t20-,25-,26-,28-,33-,34-,35-,36-/m0/s1. The highest BCUT2D eigenvalue weighted by molar-refractivity contribution is 6.26. The van der Waals surface area contributed by atoms with E-state index >= 15 is 0 Å². The van der Waals surface area contributed by atoms with Gasteiger partial charge in [-0.2, -0.15) is 5.10 Å². The van der Waals surface area contributed by atoms with E-state index in [4.69, 9.17) is 21.1 Å². The first-order valence-electron chi connectivity index (χ1n) is 16.6. The Morgan fingerprint density at radius 2 is 1.83 bits per heavy atom. The summed E-state index contributed by atoms with van der Waals surface area (Å²) in [5, 5.41) is 26.4. The Hall–Kier alpha value is -3.50. The average molecular weight is 667 g/mol. The summed E-state index contributed by atoms with van der Waals surface area (Å²) in [5.41, 5.74) is 0.513. The van der Waals surface area contributed by atoms with E-state index in [1.165, 1.54) is 0 Å². The smallest absolute Gasteiger partial charge is 0.335 e. The van der Waals surface area contributed by atoms with E-state index in [1.54, 1.807) is 42.9 Å². The molecule has 1 aromatic carbocycles. The largest absolute Gasteiger partial charge is 0.478 e. The lowest BCUT2D eigenvalue weighted by molar-refractivity contribution is -0.204. The molecule has 0 spiro atoms. The summed E-state index contributed by atoms with van der Waals surface area (Å²) < 4.78 is 13.2. The van der Waals surface area contributed by atoms with Crippen LogP contribution >= 0.6 is 11.6 Å². The molecule has 0 aliphatic heterocycles. The summed E-state index contributed by atoms with van der Waals surface area (Å²) >= 11 is 7.85. The normalized spacial score (nSPS) is 35.4. The van der Waals surface area contributed by atoms with Gasteiger partial charge in [-0.1, -0.05) is 46.3 Å². The number of hydrogen-bond acceptors (Lipinski definition) is 8. The van der Waals surface area contributed by atoms with Crippen molar-refractivity contribution in [2.75, 3.05) is 6.61 Å². The zero-order chi connectivity index (χ0) is 34.1. The number of nitrogens with zero attached hydrogens (tertiary/aromatic N) is 2. The van der Waals surface area contributed by atoms with Gasteiger partial charge >= 0.3 is 17.9 Å². The van der Waals surface area contributed by atoms with Crippen LogP contribution in [-0.4, -0.2) is 66.9 Å². The van der Waals surface area contributed by atoms with Crippen molar-refractivity contribution < 1.29 is 38.9 Å². The Bertz CT molecular complexity index is 1680. The van der Waals surface area contributed by atoms with Gasteiger partial charge in [0, 0.05) is 29.6 Å². The lowest BCUT2D eigenvalue weighted by atomic mass is 9.44. The number of aromatic nitrogens is 2. The van der Waals surface area contributed by atoms with Crippen LogP contribution in [0.25, 0.3) is 11.8 Å². The summed E-state index contributed by atoms with van der Waals surface area (Å²) in [6, 6.07) is 6.65. The molecule has 11 heteroatoms. The highest BCUT2D eigenvalue weighted by Gasteiger charge is 2.76. The molecule has 252 valence electrons. The molecule has 3 saturated carbocycles. The molecule has 47 heavy (non-hydrogen) atoms. The van der Waals surface area contributed by atoms with Gasteiger partial charge in [0.1, 0.15) is 0 Å². The number of carboxylic acids is 1. The number of aromatic carboxylic acids is 1. The molecule has 0 saturated heterocycles. The first-order chi connectivity index (χ1) is 22.2. The maximum atomic E-state index is 14.1. The minimum atomic E-state index is -1.58. The minimum Gasteiger partial charge on any atom is -0.478 e. The van der Waals surface area contributed by atoms with E-state index in [2.05, 4.69) is 18.1 Å². The van der Waals surface area contributed by atoms with Crippen LogP contribution in [-0.2, 0) is 30.3 Å². The van der Waals surface area contributed by atoms with Crippen LogP contribution in [0.3, 0.4) is 0 Å². The van der Waals surface area contributed by atoms with E-state index in [1.807, 2.05) is 19.9 Å². The maximum Gasteiger partial charge on any atom is 0.335 e. The van der Waals surface area contributed by atoms with Crippen LogP contribution in [0.1, 0.15) is 94.8 Å². The van der Waals surface area contributed by atoms with E-state index in [9.17, 15) is 29.4 Å². The molecule has 0 radical (unpaired) electrons. The molecule has 4 aliphatic carbocycles. The Kier molecular flexibility index (Phi) is 8.23. The number of Topliss-reactive ketones (excluding diaryl/α,β-unsaturated/α-hetero) is 1. The van der Waals surface area contributed by atoms with Gasteiger partial charge in [0.25, 0.3) is 0 Å². The molecule has 6 rings (SSSR count). The number of fused-ring (bicyclic) bond motifs is 6. The molecule has 8 atom stereocenters. The van der Waals surface area contributed by atoms with Crippen LogP contribution in [0.4, 0.5) is 0 Å². The van der Waals surface area contributed by atoms with E-state index in [-0.39, 0.29) is 36.7 Å². The lowest BCUT2D eigenvalue weighted by Crippen LogP contribution is -2.70. The molecule has 0 bridgehead atoms. The summed E-state index contributed by atoms with van der Waals surface area (Å²) in [6.07, 6.45) is 5.58. The number of aliphatic hydroxyl groups is 1. The van der Waals surface area contributed by atoms with Gasteiger partial charge in [-0.3, -0.25) is 14.4 Å². The lowest BCUT2D eigenvalue weighted by Gasteiger charge is -2.65. The average Bonchev–Trinajstić information content (AvgIpc) is 3.54. The maximum absolute atomic E-state index is 14.1. The topological polar surface area (TPSA) is 145 Å². The minimum absolute atomic E-state index is 0.0749. The fourth-order valence-electron chi connectivity index (χ4n) is 9.83. The molecular formula is C36H43ClN2O8. The third-order valence-electron chi connectivity index (χ3n) is 12.1. The van der Waals surface area contributed by atoms with Crippen LogP contribution in [0, 0.1) is 28.6 Å². The van der Waals surface area contributed by atoms with Gasteiger partial charge in [-0.25, -0.2) is 9.48 Å². The molecule has 2 aromatic rings. The van der Waals surface area contributed by atoms with Crippen LogP contribution < -0.4 is 0 Å². The van der Waals surface area contributed by atoms with Crippen LogP contribution in [0.5, 0.6) is 0 Å². The highest BCUT2D eigenvalue weighted by Crippen LogP contribution is 2.72. The van der Waals surface area contributed by atoms with Gasteiger partial charge in [-0.15, -0.1) is 11.6 Å². The van der Waals surface area contributed by atoms with E-state index < -0.39 is 63.6 Å². The molecular weight excluding hydrogens is 624 g/mol. The molecule has 4 aliphatic rings. The molecule has 2 N–H and O–H groups in total. The molecule has 3 fully saturated rings. The number of halogens is 1. The SMILES string of the molecule is CCC(=O)OCC(=O)[C@@]1(OC(=O)CC)[C@@H](C)C[C@H]2[C@@H]3CCC4=Cc5c(cnn5-c5cccc(C(=O)O)c5)C[C@]4(C)[C@@]3(Cl)[C@@H](O)C[C@@]21C. The number of alkyl halides is 1. The number of allylic oxidation sites excluding steroid dienone is 1. The van der Waals surface area contributed by atoms with Crippen molar-refractivity contribution in [2.24, 2.45) is 28.6 Å². The van der Waals surface area contributed by atoms with Crippen molar-refractivity contribution in [2.45, 2.75) is 96.1 Å². The van der Waals surface area contributed by atoms with Crippen molar-refractivity contribution in [1.82, 2.24) is 9.78 Å². The van der Waals surface area contributed by atoms with Crippen molar-refractivity contribution in [3.8, 4) is 5.69 Å². The molecule has 0 unspecified atom stereocenters. The van der Waals surface area contributed by atoms with Crippen LogP contribution in [0.2, 0.25) is 0 Å². The Morgan fingerprint density at radius 1 is 1.11 bits per heavy atom. The first-order valence-corrected chi connectivity index (χ1v) is 16.9. The Balaban J connectivity index is 1.39. The second-order valence-corrected chi connectivity index (χ2v) is 14.9. The van der Waals surface area contributed by atoms with Crippen molar-refractivity contribution in [3.05, 3.63) is 52.9 Å². The summed E-state index contributed by atoms with van der Waals surface area (Å²) in [5.74, 6) is -3.27. The van der Waals surface area contributed by atoms with Gasteiger partial charge in [0.15, 0.2) is 12.2 Å². The predicted octanol–water partition coefficient (Wildman–Crippen LogP) is 5.55. The number of ketones is 1. The summed E-state index contributed by atoms with van der Waals surface area (Å²) in [6.45, 7) is 8.77. The first kappa shape index (κ1) is 33.4. The van der Waals surface area contributed by atoms with Gasteiger partial charge in [0.05, 0.1) is 34.1 Å². The van der Waals surface area contributed by atoms with Crippen LogP contribution in [0.15, 0.2) is 36.0 Å². The fourth-order valence-corrected chi connectivity index (χ4v) is 10.4. The second kappa shape index (κ2) is 11.6. The van der Waals surface area contributed by atoms with E-state index in [0.29, 0.717) is 31.4 Å². The second-order valence-electron chi connectivity index (χ2n) is 14.3. The number of benzene rings is 1. The Morgan fingerprint density at radius 3 is 2.51 bits per heavy atom. The monoisotopic (exact) mass is 666 g/mol. The third-order valence-corrected chi connectivity index (χ3v) is 13.0. The molecule has 1 aromatic heterocycles. The van der Waals surface area contributed by atoms with Gasteiger partial charge in [0.2, 0.25) is 5.78 Å². The van der Waals surface area contributed by atoms with Gasteiger partial charge in [-0.05, 0) is 73.8 Å². The number of rotatable bonds is 8. The zero-order valence-corrected chi connectivity index (χ0v) is 28.3. The number of ether oxygens (including phenoxy) is 2. The fraction of sp³-hybridized carbons (Fsp3) is 0.583. The number of carbonyl (C=O) groups is 4. The van der Waals surface area contributed by atoms with Crippen molar-refractivity contribution in [1.29, 1.82) is 0 Å². The number of esters is 2. The number of carbonyl (C=O) groups excluding carboxylic acids is 3. The quantitative estimate of drug-likeness (QED) is 0.274. The Labute approximate surface area is 279 Å². The van der Waals surface area contributed by atoms with Gasteiger partial charge < -0.3 is 19.7 Å². The summed E-state index contributed by atoms with van der Waals surface area (Å²) in [7, 11) is 0. The van der Waals surface area contributed by atoms with E-state index in [0.717, 1.165) is 16.8 Å². The molecule has 1 heterocycles. The summed E-state index contributed by atoms with van der Waals surface area (Å²) in [4.78, 5) is 49.7. The predicted molar refractivity (Wildman–Crippen MR) is 173 cm³/mol. The third kappa shape index (κ3) is 4.65. The molecule has 10 nitrogen and oxygen atoms in total. The number of carboxylic acid groups (broad SMARTS) is 1. The number of aliphatic hydroxyl groups excluding tert-OH is 1. The molecule has 0 amide bonds. The van der Waals surface area contributed by atoms with Crippen molar-refractivity contribution in [3.63, 3.8) is 0 Å². The van der Waals surface area contributed by atoms with Crippen molar-refractivity contribution >= 4 is 41.4 Å². The number of hydrogen-bond donors (Lipinski definition) is 2. The zero-order valence-electron chi connectivity index (χ0n) is 27.5. The highest BCUT2D eigenvalue weighted by atomic mass is 35.5.